The lowest BCUT2D eigenvalue weighted by molar-refractivity contribution is 0.591. The SMILES string of the molecule is CCCNC(c1ccc(F)cc1Br)c1cccc(Cl)c1Cl. The van der Waals surface area contributed by atoms with E-state index in [4.69, 9.17) is 23.2 Å². The van der Waals surface area contributed by atoms with Crippen molar-refractivity contribution in [3.8, 4) is 0 Å². The van der Waals surface area contributed by atoms with Crippen LogP contribution in [-0.2, 0) is 0 Å². The molecule has 0 saturated carbocycles. The molecule has 1 nitrogen and oxygen atoms in total. The van der Waals surface area contributed by atoms with Crippen molar-refractivity contribution in [2.24, 2.45) is 0 Å². The summed E-state index contributed by atoms with van der Waals surface area (Å²) in [6, 6.07) is 10.0. The fraction of sp³-hybridized carbons (Fsp3) is 0.250. The molecule has 2 aromatic rings. The van der Waals surface area contributed by atoms with Gasteiger partial charge in [0.25, 0.3) is 0 Å². The average molecular weight is 391 g/mol. The summed E-state index contributed by atoms with van der Waals surface area (Å²) in [6.45, 7) is 2.90. The Morgan fingerprint density at radius 2 is 1.95 bits per heavy atom. The molecule has 0 aromatic heterocycles. The molecule has 0 spiro atoms. The minimum absolute atomic E-state index is 0.147. The highest BCUT2D eigenvalue weighted by atomic mass is 79.9. The van der Waals surface area contributed by atoms with Gasteiger partial charge >= 0.3 is 0 Å². The van der Waals surface area contributed by atoms with Crippen LogP contribution in [0.25, 0.3) is 0 Å². The molecule has 0 fully saturated rings. The van der Waals surface area contributed by atoms with Crippen molar-refractivity contribution in [3.05, 3.63) is 67.9 Å². The smallest absolute Gasteiger partial charge is 0.124 e. The van der Waals surface area contributed by atoms with Crippen LogP contribution in [0.5, 0.6) is 0 Å². The van der Waals surface area contributed by atoms with E-state index in [1.165, 1.54) is 12.1 Å². The van der Waals surface area contributed by atoms with Crippen LogP contribution in [0.15, 0.2) is 40.9 Å². The predicted octanol–water partition coefficient (Wildman–Crippen LogP) is 5.98. The summed E-state index contributed by atoms with van der Waals surface area (Å²) in [6.07, 6.45) is 0.980. The fourth-order valence-corrected chi connectivity index (χ4v) is 3.15. The van der Waals surface area contributed by atoms with Gasteiger partial charge in [-0.05, 0) is 42.3 Å². The largest absolute Gasteiger partial charge is 0.306 e. The van der Waals surface area contributed by atoms with E-state index in [1.807, 2.05) is 12.1 Å². The van der Waals surface area contributed by atoms with Gasteiger partial charge in [0.05, 0.1) is 16.1 Å². The Balaban J connectivity index is 2.49. The normalized spacial score (nSPS) is 12.4. The maximum absolute atomic E-state index is 13.3. The second-order valence-corrected chi connectivity index (χ2v) is 6.34. The van der Waals surface area contributed by atoms with Crippen LogP contribution in [0.2, 0.25) is 10.0 Å². The molecular formula is C16H15BrCl2FN. The molecule has 0 amide bonds. The summed E-state index contributed by atoms with van der Waals surface area (Å²) >= 11 is 15.9. The molecule has 0 saturated heterocycles. The molecular weight excluding hydrogens is 376 g/mol. The van der Waals surface area contributed by atoms with E-state index in [-0.39, 0.29) is 11.9 Å². The first-order valence-electron chi connectivity index (χ1n) is 6.66. The topological polar surface area (TPSA) is 12.0 Å². The predicted molar refractivity (Wildman–Crippen MR) is 90.7 cm³/mol. The Bertz CT molecular complexity index is 634. The Morgan fingerprint density at radius 3 is 2.62 bits per heavy atom. The molecule has 0 heterocycles. The van der Waals surface area contributed by atoms with Crippen LogP contribution in [0, 0.1) is 5.82 Å². The number of rotatable bonds is 5. The fourth-order valence-electron chi connectivity index (χ4n) is 2.16. The number of hydrogen-bond acceptors (Lipinski definition) is 1. The third-order valence-corrected chi connectivity index (χ3v) is 4.68. The lowest BCUT2D eigenvalue weighted by atomic mass is 9.98. The van der Waals surface area contributed by atoms with Crippen LogP contribution in [0.3, 0.4) is 0 Å². The van der Waals surface area contributed by atoms with Crippen molar-refractivity contribution >= 4 is 39.1 Å². The molecule has 112 valence electrons. The number of benzene rings is 2. The first-order chi connectivity index (χ1) is 10.0. The minimum atomic E-state index is -0.281. The van der Waals surface area contributed by atoms with Gasteiger partial charge in [-0.1, -0.05) is 64.3 Å². The van der Waals surface area contributed by atoms with Gasteiger partial charge in [-0.2, -0.15) is 0 Å². The van der Waals surface area contributed by atoms with E-state index >= 15 is 0 Å². The van der Waals surface area contributed by atoms with E-state index < -0.39 is 0 Å². The Labute approximate surface area is 142 Å². The molecule has 21 heavy (non-hydrogen) atoms. The van der Waals surface area contributed by atoms with Gasteiger partial charge in [-0.25, -0.2) is 4.39 Å². The van der Waals surface area contributed by atoms with Gasteiger partial charge in [0.1, 0.15) is 5.82 Å². The number of nitrogens with one attached hydrogen (secondary N) is 1. The first-order valence-corrected chi connectivity index (χ1v) is 8.21. The molecule has 0 aliphatic rings. The molecule has 0 aliphatic carbocycles. The quantitative estimate of drug-likeness (QED) is 0.661. The summed E-state index contributed by atoms with van der Waals surface area (Å²) in [5, 5.41) is 4.46. The molecule has 1 atom stereocenters. The van der Waals surface area contributed by atoms with Crippen LogP contribution >= 0.6 is 39.1 Å². The standard InChI is InChI=1S/C16H15BrCl2FN/c1-2-8-21-16(11-7-6-10(20)9-13(11)17)12-4-3-5-14(18)15(12)19/h3-7,9,16,21H,2,8H2,1H3. The molecule has 2 rings (SSSR count). The summed E-state index contributed by atoms with van der Waals surface area (Å²) < 4.78 is 14.0. The summed E-state index contributed by atoms with van der Waals surface area (Å²) in [4.78, 5) is 0. The van der Waals surface area contributed by atoms with Crippen LogP contribution in [-0.4, -0.2) is 6.54 Å². The van der Waals surface area contributed by atoms with E-state index in [9.17, 15) is 4.39 Å². The average Bonchev–Trinajstić information content (AvgIpc) is 2.45. The lowest BCUT2D eigenvalue weighted by Gasteiger charge is -2.22. The molecule has 2 aromatic carbocycles. The number of hydrogen-bond donors (Lipinski definition) is 1. The highest BCUT2D eigenvalue weighted by Gasteiger charge is 2.20. The van der Waals surface area contributed by atoms with Gasteiger partial charge in [-0.3, -0.25) is 0 Å². The van der Waals surface area contributed by atoms with Crippen molar-refractivity contribution in [3.63, 3.8) is 0 Å². The van der Waals surface area contributed by atoms with Gasteiger partial charge in [0, 0.05) is 4.47 Å². The van der Waals surface area contributed by atoms with Crippen molar-refractivity contribution in [2.45, 2.75) is 19.4 Å². The second-order valence-electron chi connectivity index (χ2n) is 4.70. The molecule has 0 aliphatic heterocycles. The maximum Gasteiger partial charge on any atom is 0.124 e. The van der Waals surface area contributed by atoms with Crippen LogP contribution < -0.4 is 5.32 Å². The van der Waals surface area contributed by atoms with E-state index in [1.54, 1.807) is 12.1 Å². The Morgan fingerprint density at radius 1 is 1.19 bits per heavy atom. The highest BCUT2D eigenvalue weighted by molar-refractivity contribution is 9.10. The zero-order valence-electron chi connectivity index (χ0n) is 11.5. The zero-order valence-corrected chi connectivity index (χ0v) is 14.6. The van der Waals surface area contributed by atoms with Crippen molar-refractivity contribution in [1.82, 2.24) is 5.32 Å². The Kier molecular flexibility index (Phi) is 6.06. The molecule has 1 unspecified atom stereocenters. The Hall–Kier alpha value is -0.610. The minimum Gasteiger partial charge on any atom is -0.306 e. The second kappa shape index (κ2) is 7.59. The van der Waals surface area contributed by atoms with Gasteiger partial charge < -0.3 is 5.32 Å². The van der Waals surface area contributed by atoms with E-state index in [0.717, 1.165) is 24.1 Å². The summed E-state index contributed by atoms with van der Waals surface area (Å²) in [5.74, 6) is -0.281. The maximum atomic E-state index is 13.3. The van der Waals surface area contributed by atoms with E-state index in [2.05, 4.69) is 28.2 Å². The van der Waals surface area contributed by atoms with Crippen molar-refractivity contribution in [1.29, 1.82) is 0 Å². The van der Waals surface area contributed by atoms with E-state index in [0.29, 0.717) is 14.5 Å². The highest BCUT2D eigenvalue weighted by Crippen LogP contribution is 2.36. The third-order valence-electron chi connectivity index (χ3n) is 3.16. The van der Waals surface area contributed by atoms with Crippen LogP contribution in [0.4, 0.5) is 4.39 Å². The first kappa shape index (κ1) is 16.8. The van der Waals surface area contributed by atoms with Crippen molar-refractivity contribution in [2.75, 3.05) is 6.54 Å². The third kappa shape index (κ3) is 3.98. The molecule has 1 N–H and O–H groups in total. The number of halogens is 4. The molecule has 5 heteroatoms. The summed E-state index contributed by atoms with van der Waals surface area (Å²) in [7, 11) is 0. The molecule has 0 radical (unpaired) electrons. The zero-order chi connectivity index (χ0) is 15.4. The lowest BCUT2D eigenvalue weighted by Crippen LogP contribution is -2.24. The van der Waals surface area contributed by atoms with Crippen LogP contribution in [0.1, 0.15) is 30.5 Å². The van der Waals surface area contributed by atoms with Gasteiger partial charge in [0.2, 0.25) is 0 Å². The molecule has 0 bridgehead atoms. The monoisotopic (exact) mass is 389 g/mol. The van der Waals surface area contributed by atoms with Gasteiger partial charge in [-0.15, -0.1) is 0 Å². The summed E-state index contributed by atoms with van der Waals surface area (Å²) in [5.41, 5.74) is 1.80. The van der Waals surface area contributed by atoms with Crippen molar-refractivity contribution < 1.29 is 4.39 Å². The van der Waals surface area contributed by atoms with Gasteiger partial charge in [0.15, 0.2) is 0 Å².